The number of terminal acetylenes is 1. The molecule has 0 aromatic carbocycles. The van der Waals surface area contributed by atoms with Crippen molar-refractivity contribution in [1.82, 2.24) is 16.0 Å². The van der Waals surface area contributed by atoms with E-state index in [1.54, 1.807) is 0 Å². The van der Waals surface area contributed by atoms with Crippen LogP contribution >= 0.6 is 0 Å². The van der Waals surface area contributed by atoms with Crippen molar-refractivity contribution in [3.05, 3.63) is 11.3 Å². The third-order valence-electron chi connectivity index (χ3n) is 7.38. The van der Waals surface area contributed by atoms with E-state index in [-0.39, 0.29) is 24.1 Å². The minimum Gasteiger partial charge on any atom is -0.380 e. The lowest BCUT2D eigenvalue weighted by molar-refractivity contribution is -0.121. The van der Waals surface area contributed by atoms with Crippen molar-refractivity contribution in [3.8, 4) is 12.3 Å². The van der Waals surface area contributed by atoms with Crippen LogP contribution in [-0.2, 0) is 33.3 Å². The first kappa shape index (κ1) is 45.3. The first-order chi connectivity index (χ1) is 23.4. The number of ether oxygens (including phenoxy) is 4. The fourth-order valence-corrected chi connectivity index (χ4v) is 4.47. The van der Waals surface area contributed by atoms with Crippen molar-refractivity contribution in [2.24, 2.45) is 17.2 Å². The van der Waals surface area contributed by atoms with Crippen LogP contribution in [0.5, 0.6) is 0 Å². The average molecular weight is 683 g/mol. The van der Waals surface area contributed by atoms with Crippen LogP contribution in [0, 0.1) is 12.3 Å². The van der Waals surface area contributed by atoms with Crippen molar-refractivity contribution in [2.45, 2.75) is 96.3 Å². The molecule has 0 aromatic rings. The summed E-state index contributed by atoms with van der Waals surface area (Å²) in [5.74, 6) is 2.17. The Morgan fingerprint density at radius 3 is 1.65 bits per heavy atom. The van der Waals surface area contributed by atoms with Crippen LogP contribution in [0.2, 0.25) is 0 Å². The van der Waals surface area contributed by atoms with Gasteiger partial charge in [-0.15, -0.1) is 6.42 Å². The summed E-state index contributed by atoms with van der Waals surface area (Å²) in [7, 11) is 0. The molecule has 13 heteroatoms. The monoisotopic (exact) mass is 682 g/mol. The van der Waals surface area contributed by atoms with Gasteiger partial charge in [-0.1, -0.05) is 37.2 Å². The smallest absolute Gasteiger partial charge is 0.239 e. The molecule has 1 aliphatic rings. The molecule has 0 saturated heterocycles. The van der Waals surface area contributed by atoms with E-state index in [0.29, 0.717) is 65.8 Å². The molecule has 0 aromatic heterocycles. The second-order valence-corrected chi connectivity index (χ2v) is 11.6. The zero-order chi connectivity index (χ0) is 35.3. The van der Waals surface area contributed by atoms with Crippen LogP contribution in [0.1, 0.15) is 96.3 Å². The van der Waals surface area contributed by atoms with E-state index in [0.717, 1.165) is 103 Å². The summed E-state index contributed by atoms with van der Waals surface area (Å²) in [6, 6.07) is 0. The van der Waals surface area contributed by atoms with Crippen molar-refractivity contribution < 1.29 is 33.3 Å². The third-order valence-corrected chi connectivity index (χ3v) is 7.38. The van der Waals surface area contributed by atoms with E-state index in [9.17, 15) is 14.4 Å². The van der Waals surface area contributed by atoms with Gasteiger partial charge in [-0.25, -0.2) is 0 Å². The Labute approximate surface area is 289 Å². The van der Waals surface area contributed by atoms with Gasteiger partial charge < -0.3 is 52.1 Å². The van der Waals surface area contributed by atoms with Crippen molar-refractivity contribution in [1.29, 1.82) is 0 Å². The number of rotatable bonds is 32. The molecule has 1 saturated carbocycles. The molecule has 0 unspecified atom stereocenters. The van der Waals surface area contributed by atoms with Gasteiger partial charge in [0.2, 0.25) is 17.7 Å². The van der Waals surface area contributed by atoms with Crippen LogP contribution in [0.3, 0.4) is 0 Å². The fraction of sp³-hybridized carbons (Fsp3) is 0.800. The van der Waals surface area contributed by atoms with Crippen molar-refractivity contribution in [3.63, 3.8) is 0 Å². The minimum absolute atomic E-state index is 0.0404. The summed E-state index contributed by atoms with van der Waals surface area (Å²) in [4.78, 5) is 34.5. The highest BCUT2D eigenvalue weighted by molar-refractivity contribution is 5.78. The largest absolute Gasteiger partial charge is 0.380 e. The van der Waals surface area contributed by atoms with Gasteiger partial charge in [0.25, 0.3) is 0 Å². The van der Waals surface area contributed by atoms with E-state index in [2.05, 4.69) is 21.9 Å². The zero-order valence-corrected chi connectivity index (χ0v) is 29.5. The lowest BCUT2D eigenvalue weighted by Gasteiger charge is -2.23. The summed E-state index contributed by atoms with van der Waals surface area (Å²) >= 11 is 0. The summed E-state index contributed by atoms with van der Waals surface area (Å²) in [6.45, 7) is 6.82. The molecule has 0 aliphatic heterocycles. The first-order valence-electron chi connectivity index (χ1n) is 17.9. The van der Waals surface area contributed by atoms with Gasteiger partial charge in [0.05, 0.1) is 52.8 Å². The highest BCUT2D eigenvalue weighted by atomic mass is 16.6. The number of hydrogen-bond donors (Lipinski definition) is 6. The molecule has 9 N–H and O–H groups in total. The second-order valence-electron chi connectivity index (χ2n) is 11.6. The van der Waals surface area contributed by atoms with Gasteiger partial charge in [-0.05, 0) is 70.9 Å². The summed E-state index contributed by atoms with van der Waals surface area (Å²) < 4.78 is 20.6. The predicted molar refractivity (Wildman–Crippen MR) is 190 cm³/mol. The Morgan fingerprint density at radius 1 is 0.625 bits per heavy atom. The molecule has 0 bridgehead atoms. The minimum atomic E-state index is -0.364. The van der Waals surface area contributed by atoms with Crippen LogP contribution in [0.25, 0.3) is 0 Å². The summed E-state index contributed by atoms with van der Waals surface area (Å²) in [5.41, 5.74) is 18.5. The molecular formula is C35H66N6O7. The standard InChI is InChI=1S/C23H45N5O2.C12H21NO5/c24-15-5-1-3-7-17-26-22(29)14-10-13-21(20-11-9-12-20)28-19-23(30)27-18-8-4-2-6-16-25;1-2-4-15-6-8-17-10-11-18-9-7-16-5-3-12(13)14/h28H,1-19,24-25H2,(H,26,29)(H,27,30);1H,3-11H2,(H2,13,14). The van der Waals surface area contributed by atoms with Gasteiger partial charge >= 0.3 is 0 Å². The first-order valence-corrected chi connectivity index (χ1v) is 17.9. The fourth-order valence-electron chi connectivity index (χ4n) is 4.47. The lowest BCUT2D eigenvalue weighted by Crippen LogP contribution is -2.35. The lowest BCUT2D eigenvalue weighted by atomic mass is 9.89. The topological polar surface area (TPSA) is 202 Å². The van der Waals surface area contributed by atoms with Gasteiger partial charge in [0.15, 0.2) is 0 Å². The van der Waals surface area contributed by atoms with E-state index < -0.39 is 0 Å². The Morgan fingerprint density at radius 2 is 1.15 bits per heavy atom. The van der Waals surface area contributed by atoms with Crippen molar-refractivity contribution >= 4 is 17.7 Å². The Kier molecular flexibility index (Phi) is 33.6. The van der Waals surface area contributed by atoms with E-state index in [4.69, 9.17) is 42.6 Å². The third kappa shape index (κ3) is 31.8. The van der Waals surface area contributed by atoms with Crippen LogP contribution in [0.15, 0.2) is 11.3 Å². The van der Waals surface area contributed by atoms with Gasteiger partial charge in [-0.3, -0.25) is 14.4 Å². The van der Waals surface area contributed by atoms with Gasteiger partial charge in [0.1, 0.15) is 6.61 Å². The average Bonchev–Trinajstić information content (AvgIpc) is 3.04. The number of unbranched alkanes of at least 4 members (excludes halogenated alkanes) is 6. The maximum atomic E-state index is 12.1. The van der Waals surface area contributed by atoms with Crippen LogP contribution in [-0.4, -0.2) is 103 Å². The maximum Gasteiger partial charge on any atom is 0.239 e. The van der Waals surface area contributed by atoms with Crippen molar-refractivity contribution in [2.75, 3.05) is 85.6 Å². The van der Waals surface area contributed by atoms with Crippen LogP contribution in [0.4, 0.5) is 0 Å². The Bertz CT molecular complexity index is 876. The number of carbonyl (C=O) groups excluding carboxylic acids is 3. The summed E-state index contributed by atoms with van der Waals surface area (Å²) in [6.07, 6.45) is 19.5. The molecule has 3 amide bonds. The predicted octanol–water partition coefficient (Wildman–Crippen LogP) is 2.02. The van der Waals surface area contributed by atoms with Crippen LogP contribution < -0.4 is 33.2 Å². The number of allylic oxidation sites excluding steroid dienone is 2. The van der Waals surface area contributed by atoms with Gasteiger partial charge in [-0.2, -0.15) is 0 Å². The quantitative estimate of drug-likeness (QED) is 0.0450. The molecule has 0 heterocycles. The maximum absolute atomic E-state index is 12.1. The molecule has 0 radical (unpaired) electrons. The molecule has 13 nitrogen and oxygen atoms in total. The summed E-state index contributed by atoms with van der Waals surface area (Å²) in [5, 5.41) is 9.32. The van der Waals surface area contributed by atoms with Gasteiger partial charge in [0, 0.05) is 31.6 Å². The van der Waals surface area contributed by atoms with E-state index >= 15 is 0 Å². The molecule has 0 spiro atoms. The number of nitrogens with two attached hydrogens (primary N) is 3. The van der Waals surface area contributed by atoms with E-state index in [1.165, 1.54) is 17.7 Å². The second kappa shape index (κ2) is 35.6. The normalized spacial score (nSPS) is 11.9. The zero-order valence-electron chi connectivity index (χ0n) is 29.5. The highest BCUT2D eigenvalue weighted by Crippen LogP contribution is 2.29. The SMILES string of the molecule is C#CCOCCOCCOCCOCCC(N)=O.NCCCCCCNC(=O)CCCC(NCC(=O)NCCCCCCN)=C1CCC1. The Balaban J connectivity index is 0.00000105. The molecule has 1 fully saturated rings. The number of primary amides is 1. The molecule has 48 heavy (non-hydrogen) atoms. The molecular weight excluding hydrogens is 616 g/mol. The molecule has 1 rings (SSSR count). The molecule has 278 valence electrons. The highest BCUT2D eigenvalue weighted by Gasteiger charge is 2.15. The number of hydrogen-bond acceptors (Lipinski definition) is 10. The molecule has 1 aliphatic carbocycles. The van der Waals surface area contributed by atoms with E-state index in [1.807, 2.05) is 0 Å². The number of carbonyl (C=O) groups is 3. The number of amides is 3. The molecule has 0 atom stereocenters. The number of nitrogens with one attached hydrogen (secondary N) is 3. The Hall–Kier alpha value is -2.73.